The molecule has 0 bridgehead atoms. The fourth-order valence-electron chi connectivity index (χ4n) is 2.33. The number of anilines is 1. The Labute approximate surface area is 118 Å². The van der Waals surface area contributed by atoms with E-state index >= 15 is 0 Å². The van der Waals surface area contributed by atoms with E-state index in [1.807, 2.05) is 18.7 Å². The number of aryl methyl sites for hydroxylation is 3. The molecule has 0 atom stereocenters. The van der Waals surface area contributed by atoms with Crippen LogP contribution in [-0.2, 0) is 26.4 Å². The summed E-state index contributed by atoms with van der Waals surface area (Å²) in [6, 6.07) is 0. The summed E-state index contributed by atoms with van der Waals surface area (Å²) in [6.07, 6.45) is 1.70. The number of hydrogen-bond donors (Lipinski definition) is 1. The molecule has 2 N–H and O–H groups in total. The minimum Gasteiger partial charge on any atom is -0.396 e. The summed E-state index contributed by atoms with van der Waals surface area (Å²) in [5, 5.41) is 9.56. The second-order valence-electron chi connectivity index (χ2n) is 4.65. The van der Waals surface area contributed by atoms with Crippen LogP contribution in [0.4, 0.5) is 5.69 Å². The highest BCUT2D eigenvalue weighted by molar-refractivity contribution is 6.30. The van der Waals surface area contributed by atoms with Crippen LogP contribution in [0.25, 0.3) is 0 Å². The van der Waals surface area contributed by atoms with Crippen LogP contribution in [0.1, 0.15) is 36.5 Å². The lowest BCUT2D eigenvalue weighted by Gasteiger charge is -2.06. The summed E-state index contributed by atoms with van der Waals surface area (Å²) in [6.45, 7) is 6.72. The standard InChI is InChI=1S/C13H20ClN5/c1-5-10-12(15)11(6-2)19(17-10)7-9-8(3)16-18(4)13(9)14/h5-7,15H2,1-4H3. The first-order valence-electron chi connectivity index (χ1n) is 6.51. The van der Waals surface area contributed by atoms with Gasteiger partial charge >= 0.3 is 0 Å². The Hall–Kier alpha value is -1.49. The van der Waals surface area contributed by atoms with E-state index in [9.17, 15) is 0 Å². The van der Waals surface area contributed by atoms with Gasteiger partial charge in [-0.25, -0.2) is 0 Å². The van der Waals surface area contributed by atoms with E-state index in [2.05, 4.69) is 24.0 Å². The number of hydrogen-bond acceptors (Lipinski definition) is 3. The molecule has 0 unspecified atom stereocenters. The Morgan fingerprint density at radius 2 is 1.89 bits per heavy atom. The first kappa shape index (κ1) is 13.9. The number of halogens is 1. The SMILES string of the molecule is CCc1nn(Cc2c(C)nn(C)c2Cl)c(CC)c1N. The molecule has 6 heteroatoms. The van der Waals surface area contributed by atoms with Crippen LogP contribution < -0.4 is 5.73 Å². The molecule has 0 aliphatic carbocycles. The molecule has 0 radical (unpaired) electrons. The topological polar surface area (TPSA) is 61.7 Å². The van der Waals surface area contributed by atoms with Crippen molar-refractivity contribution in [2.75, 3.05) is 5.73 Å². The first-order valence-corrected chi connectivity index (χ1v) is 6.89. The molecule has 5 nitrogen and oxygen atoms in total. The maximum atomic E-state index is 6.27. The first-order chi connectivity index (χ1) is 8.99. The van der Waals surface area contributed by atoms with Crippen molar-refractivity contribution in [3.63, 3.8) is 0 Å². The Kier molecular flexibility index (Phi) is 3.85. The lowest BCUT2D eigenvalue weighted by atomic mass is 10.2. The highest BCUT2D eigenvalue weighted by atomic mass is 35.5. The average molecular weight is 282 g/mol. The molecule has 2 aromatic rings. The highest BCUT2D eigenvalue weighted by Gasteiger charge is 2.17. The highest BCUT2D eigenvalue weighted by Crippen LogP contribution is 2.23. The van der Waals surface area contributed by atoms with Crippen molar-refractivity contribution in [3.05, 3.63) is 27.8 Å². The van der Waals surface area contributed by atoms with Gasteiger partial charge in [0.15, 0.2) is 0 Å². The van der Waals surface area contributed by atoms with Gasteiger partial charge in [-0.2, -0.15) is 10.2 Å². The van der Waals surface area contributed by atoms with Gasteiger partial charge in [0.05, 0.1) is 29.3 Å². The van der Waals surface area contributed by atoms with Gasteiger partial charge in [-0.3, -0.25) is 9.36 Å². The lowest BCUT2D eigenvalue weighted by molar-refractivity contribution is 0.638. The molecular formula is C13H20ClN5. The molecule has 0 amide bonds. The predicted octanol–water partition coefficient (Wildman–Crippen LogP) is 2.33. The van der Waals surface area contributed by atoms with Crippen LogP contribution in [-0.4, -0.2) is 19.6 Å². The van der Waals surface area contributed by atoms with Gasteiger partial charge in [0.1, 0.15) is 5.15 Å². The molecule has 104 valence electrons. The van der Waals surface area contributed by atoms with E-state index in [1.54, 1.807) is 4.68 Å². The van der Waals surface area contributed by atoms with Gasteiger partial charge < -0.3 is 5.73 Å². The lowest BCUT2D eigenvalue weighted by Crippen LogP contribution is -2.07. The quantitative estimate of drug-likeness (QED) is 0.936. The zero-order valence-electron chi connectivity index (χ0n) is 11.9. The molecule has 0 aliphatic rings. The maximum absolute atomic E-state index is 6.27. The molecular weight excluding hydrogens is 262 g/mol. The molecule has 19 heavy (non-hydrogen) atoms. The minimum absolute atomic E-state index is 0.617. The van der Waals surface area contributed by atoms with Gasteiger partial charge in [0.2, 0.25) is 0 Å². The van der Waals surface area contributed by atoms with Crippen LogP contribution in [0, 0.1) is 6.92 Å². The monoisotopic (exact) mass is 281 g/mol. The number of aromatic nitrogens is 4. The van der Waals surface area contributed by atoms with Crippen molar-refractivity contribution in [2.24, 2.45) is 7.05 Å². The summed E-state index contributed by atoms with van der Waals surface area (Å²) < 4.78 is 3.63. The summed E-state index contributed by atoms with van der Waals surface area (Å²) >= 11 is 6.27. The Morgan fingerprint density at radius 3 is 2.37 bits per heavy atom. The average Bonchev–Trinajstić information content (AvgIpc) is 2.81. The van der Waals surface area contributed by atoms with E-state index < -0.39 is 0 Å². The van der Waals surface area contributed by atoms with Crippen molar-refractivity contribution in [3.8, 4) is 0 Å². The molecule has 2 heterocycles. The zero-order valence-corrected chi connectivity index (χ0v) is 12.6. The van der Waals surface area contributed by atoms with Crippen LogP contribution in [0.3, 0.4) is 0 Å². The molecule has 2 aromatic heterocycles. The van der Waals surface area contributed by atoms with Gasteiger partial charge in [-0.15, -0.1) is 0 Å². The summed E-state index contributed by atoms with van der Waals surface area (Å²) in [5.41, 5.74) is 10.9. The van der Waals surface area contributed by atoms with Crippen LogP contribution >= 0.6 is 11.6 Å². The zero-order chi connectivity index (χ0) is 14.2. The number of nitrogens with two attached hydrogens (primary N) is 1. The van der Waals surface area contributed by atoms with E-state index in [0.29, 0.717) is 11.7 Å². The van der Waals surface area contributed by atoms with E-state index in [4.69, 9.17) is 17.3 Å². The van der Waals surface area contributed by atoms with E-state index in [1.165, 1.54) is 0 Å². The van der Waals surface area contributed by atoms with Crippen molar-refractivity contribution < 1.29 is 0 Å². The van der Waals surface area contributed by atoms with Crippen LogP contribution in [0.2, 0.25) is 5.15 Å². The number of nitrogens with zero attached hydrogens (tertiary/aromatic N) is 4. The Balaban J connectivity index is 2.43. The summed E-state index contributed by atoms with van der Waals surface area (Å²) in [7, 11) is 1.84. The number of nitrogen functional groups attached to an aromatic ring is 1. The maximum Gasteiger partial charge on any atom is 0.132 e. The van der Waals surface area contributed by atoms with Crippen molar-refractivity contribution in [2.45, 2.75) is 40.2 Å². The normalized spacial score (nSPS) is 11.2. The fraction of sp³-hybridized carbons (Fsp3) is 0.538. The third-order valence-electron chi connectivity index (χ3n) is 3.42. The molecule has 0 aromatic carbocycles. The third kappa shape index (κ3) is 2.34. The fourth-order valence-corrected chi connectivity index (χ4v) is 2.57. The van der Waals surface area contributed by atoms with E-state index in [0.717, 1.165) is 41.2 Å². The largest absolute Gasteiger partial charge is 0.396 e. The van der Waals surface area contributed by atoms with Crippen molar-refractivity contribution in [1.82, 2.24) is 19.6 Å². The van der Waals surface area contributed by atoms with Crippen LogP contribution in [0.5, 0.6) is 0 Å². The molecule has 0 spiro atoms. The molecule has 0 fully saturated rings. The van der Waals surface area contributed by atoms with Gasteiger partial charge in [0.25, 0.3) is 0 Å². The Bertz CT molecular complexity index is 597. The molecule has 2 rings (SSSR count). The summed E-state index contributed by atoms with van der Waals surface area (Å²) in [4.78, 5) is 0. The van der Waals surface area contributed by atoms with Crippen LogP contribution in [0.15, 0.2) is 0 Å². The summed E-state index contributed by atoms with van der Waals surface area (Å²) in [5.74, 6) is 0. The van der Waals surface area contributed by atoms with E-state index in [-0.39, 0.29) is 0 Å². The van der Waals surface area contributed by atoms with Crippen molar-refractivity contribution in [1.29, 1.82) is 0 Å². The number of rotatable bonds is 4. The third-order valence-corrected chi connectivity index (χ3v) is 3.90. The predicted molar refractivity (Wildman–Crippen MR) is 77.5 cm³/mol. The van der Waals surface area contributed by atoms with Gasteiger partial charge in [-0.1, -0.05) is 25.4 Å². The molecule has 0 saturated heterocycles. The van der Waals surface area contributed by atoms with Crippen molar-refractivity contribution >= 4 is 17.3 Å². The molecule has 0 saturated carbocycles. The smallest absolute Gasteiger partial charge is 0.132 e. The van der Waals surface area contributed by atoms with Gasteiger partial charge in [0, 0.05) is 12.6 Å². The molecule has 0 aliphatic heterocycles. The van der Waals surface area contributed by atoms with Gasteiger partial charge in [-0.05, 0) is 19.8 Å². The minimum atomic E-state index is 0.617. The second-order valence-corrected chi connectivity index (χ2v) is 5.01. The second kappa shape index (κ2) is 5.25. The Morgan fingerprint density at radius 1 is 1.21 bits per heavy atom.